The van der Waals surface area contributed by atoms with Crippen LogP contribution in [0.15, 0.2) is 18.2 Å². The van der Waals surface area contributed by atoms with Gasteiger partial charge in [-0.2, -0.15) is 8.78 Å². The van der Waals surface area contributed by atoms with Crippen LogP contribution in [0.5, 0.6) is 5.75 Å². The number of nitrogens with two attached hydrogens (primary N) is 1. The predicted octanol–water partition coefficient (Wildman–Crippen LogP) is 2.35. The SMILES string of the molecule is CCN(CC)C(=O)c1ccc(N)c(OC(F)F)c1. The molecule has 100 valence electrons. The first-order chi connectivity index (χ1) is 8.49. The van der Waals surface area contributed by atoms with E-state index in [-0.39, 0.29) is 22.9 Å². The molecule has 2 N–H and O–H groups in total. The van der Waals surface area contributed by atoms with Crippen LogP contribution >= 0.6 is 0 Å². The number of carbonyl (C=O) groups is 1. The molecule has 6 heteroatoms. The third kappa shape index (κ3) is 3.32. The molecule has 1 aromatic carbocycles. The van der Waals surface area contributed by atoms with Crippen LogP contribution in [0.3, 0.4) is 0 Å². The van der Waals surface area contributed by atoms with Crippen molar-refractivity contribution >= 4 is 11.6 Å². The van der Waals surface area contributed by atoms with Gasteiger partial charge in [0.2, 0.25) is 0 Å². The fraction of sp³-hybridized carbons (Fsp3) is 0.417. The van der Waals surface area contributed by atoms with E-state index in [1.807, 2.05) is 13.8 Å². The number of hydrogen-bond acceptors (Lipinski definition) is 3. The molecule has 0 heterocycles. The van der Waals surface area contributed by atoms with E-state index in [0.29, 0.717) is 13.1 Å². The maximum absolute atomic E-state index is 12.2. The molecule has 0 aromatic heterocycles. The van der Waals surface area contributed by atoms with Crippen LogP contribution in [-0.4, -0.2) is 30.5 Å². The molecule has 1 amide bonds. The van der Waals surface area contributed by atoms with Crippen molar-refractivity contribution in [1.29, 1.82) is 0 Å². The number of hydrogen-bond donors (Lipinski definition) is 1. The Balaban J connectivity index is 3.00. The maximum atomic E-state index is 12.2. The van der Waals surface area contributed by atoms with Crippen LogP contribution in [-0.2, 0) is 0 Å². The first kappa shape index (κ1) is 14.2. The van der Waals surface area contributed by atoms with Gasteiger partial charge >= 0.3 is 6.61 Å². The third-order valence-electron chi connectivity index (χ3n) is 2.53. The van der Waals surface area contributed by atoms with Gasteiger partial charge in [-0.1, -0.05) is 0 Å². The molecule has 4 nitrogen and oxygen atoms in total. The maximum Gasteiger partial charge on any atom is 0.387 e. The number of ether oxygens (including phenoxy) is 1. The van der Waals surface area contributed by atoms with Gasteiger partial charge in [-0.15, -0.1) is 0 Å². The minimum Gasteiger partial charge on any atom is -0.433 e. The van der Waals surface area contributed by atoms with Gasteiger partial charge in [0.15, 0.2) is 0 Å². The quantitative estimate of drug-likeness (QED) is 0.825. The van der Waals surface area contributed by atoms with Crippen molar-refractivity contribution in [3.8, 4) is 5.75 Å². The van der Waals surface area contributed by atoms with Crippen molar-refractivity contribution < 1.29 is 18.3 Å². The van der Waals surface area contributed by atoms with Crippen LogP contribution in [0.2, 0.25) is 0 Å². The molecule has 0 saturated carbocycles. The molecule has 0 fully saturated rings. The highest BCUT2D eigenvalue weighted by Crippen LogP contribution is 2.25. The van der Waals surface area contributed by atoms with Crippen molar-refractivity contribution in [2.45, 2.75) is 20.5 Å². The zero-order chi connectivity index (χ0) is 13.7. The molecule has 0 spiro atoms. The Kier molecular flexibility index (Phi) is 4.88. The summed E-state index contributed by atoms with van der Waals surface area (Å²) >= 11 is 0. The standard InChI is InChI=1S/C12H16F2N2O2/c1-3-16(4-2)11(17)8-5-6-9(15)10(7-8)18-12(13)14/h5-7,12H,3-4,15H2,1-2H3. The zero-order valence-electron chi connectivity index (χ0n) is 10.3. The van der Waals surface area contributed by atoms with Crippen molar-refractivity contribution in [3.63, 3.8) is 0 Å². The molecule has 0 aliphatic heterocycles. The lowest BCUT2D eigenvalue weighted by Crippen LogP contribution is -2.30. The summed E-state index contributed by atoms with van der Waals surface area (Å²) in [7, 11) is 0. The number of amides is 1. The van der Waals surface area contributed by atoms with Gasteiger partial charge in [0.25, 0.3) is 5.91 Å². The first-order valence-electron chi connectivity index (χ1n) is 5.63. The number of rotatable bonds is 5. The van der Waals surface area contributed by atoms with E-state index in [0.717, 1.165) is 0 Å². The molecule has 1 aromatic rings. The number of benzene rings is 1. The van der Waals surface area contributed by atoms with Gasteiger partial charge < -0.3 is 15.4 Å². The molecular weight excluding hydrogens is 242 g/mol. The number of anilines is 1. The summed E-state index contributed by atoms with van der Waals surface area (Å²) in [5, 5.41) is 0. The summed E-state index contributed by atoms with van der Waals surface area (Å²) in [6.45, 7) is 1.81. The van der Waals surface area contributed by atoms with Crippen LogP contribution in [0.25, 0.3) is 0 Å². The van der Waals surface area contributed by atoms with E-state index in [9.17, 15) is 13.6 Å². The molecule has 0 unspecified atom stereocenters. The summed E-state index contributed by atoms with van der Waals surface area (Å²) in [6, 6.07) is 4.12. The summed E-state index contributed by atoms with van der Waals surface area (Å²) in [4.78, 5) is 13.6. The molecule has 1 rings (SSSR count). The molecule has 0 radical (unpaired) electrons. The summed E-state index contributed by atoms with van der Waals surface area (Å²) in [6.07, 6.45) is 0. The van der Waals surface area contributed by atoms with Gasteiger partial charge in [-0.3, -0.25) is 4.79 Å². The number of nitrogen functional groups attached to an aromatic ring is 1. The normalized spacial score (nSPS) is 10.5. The minimum atomic E-state index is -2.97. The summed E-state index contributed by atoms with van der Waals surface area (Å²) in [5.41, 5.74) is 5.85. The monoisotopic (exact) mass is 258 g/mol. The smallest absolute Gasteiger partial charge is 0.387 e. The highest BCUT2D eigenvalue weighted by molar-refractivity contribution is 5.95. The Hall–Kier alpha value is -1.85. The zero-order valence-corrected chi connectivity index (χ0v) is 10.3. The van der Waals surface area contributed by atoms with Crippen molar-refractivity contribution in [2.75, 3.05) is 18.8 Å². The lowest BCUT2D eigenvalue weighted by atomic mass is 10.1. The number of halogens is 2. The van der Waals surface area contributed by atoms with E-state index in [2.05, 4.69) is 4.74 Å². The van der Waals surface area contributed by atoms with Crippen molar-refractivity contribution in [2.24, 2.45) is 0 Å². The average Bonchev–Trinajstić information content (AvgIpc) is 2.32. The van der Waals surface area contributed by atoms with E-state index in [1.54, 1.807) is 4.90 Å². The Morgan fingerprint density at radius 3 is 2.50 bits per heavy atom. The largest absolute Gasteiger partial charge is 0.433 e. The fourth-order valence-electron chi connectivity index (χ4n) is 1.56. The number of alkyl halides is 2. The second-order valence-electron chi connectivity index (χ2n) is 3.61. The van der Waals surface area contributed by atoms with Gasteiger partial charge in [0, 0.05) is 18.7 Å². The third-order valence-corrected chi connectivity index (χ3v) is 2.53. The van der Waals surface area contributed by atoms with Crippen LogP contribution in [0, 0.1) is 0 Å². The lowest BCUT2D eigenvalue weighted by Gasteiger charge is -2.19. The molecule has 0 aliphatic rings. The van der Waals surface area contributed by atoms with Crippen LogP contribution < -0.4 is 10.5 Å². The topological polar surface area (TPSA) is 55.6 Å². The van der Waals surface area contributed by atoms with E-state index >= 15 is 0 Å². The second-order valence-corrected chi connectivity index (χ2v) is 3.61. The summed E-state index contributed by atoms with van der Waals surface area (Å²) in [5.74, 6) is -0.415. The predicted molar refractivity (Wildman–Crippen MR) is 64.7 cm³/mol. The van der Waals surface area contributed by atoms with Gasteiger partial charge in [0.05, 0.1) is 5.69 Å². The van der Waals surface area contributed by atoms with Crippen LogP contribution in [0.1, 0.15) is 24.2 Å². The summed E-state index contributed by atoms with van der Waals surface area (Å²) < 4.78 is 28.6. The number of nitrogens with zero attached hydrogens (tertiary/aromatic N) is 1. The van der Waals surface area contributed by atoms with E-state index in [1.165, 1.54) is 18.2 Å². The van der Waals surface area contributed by atoms with Crippen molar-refractivity contribution in [1.82, 2.24) is 4.90 Å². The second kappa shape index (κ2) is 6.18. The number of carbonyl (C=O) groups excluding carboxylic acids is 1. The molecule has 18 heavy (non-hydrogen) atoms. The van der Waals surface area contributed by atoms with Gasteiger partial charge in [-0.05, 0) is 32.0 Å². The molecular formula is C12H16F2N2O2. The van der Waals surface area contributed by atoms with E-state index in [4.69, 9.17) is 5.73 Å². The fourth-order valence-corrected chi connectivity index (χ4v) is 1.56. The van der Waals surface area contributed by atoms with Gasteiger partial charge in [-0.25, -0.2) is 0 Å². The Morgan fingerprint density at radius 2 is 2.00 bits per heavy atom. The average molecular weight is 258 g/mol. The van der Waals surface area contributed by atoms with Gasteiger partial charge in [0.1, 0.15) is 5.75 Å². The Bertz CT molecular complexity index is 421. The lowest BCUT2D eigenvalue weighted by molar-refractivity contribution is -0.0493. The van der Waals surface area contributed by atoms with Crippen LogP contribution in [0.4, 0.5) is 14.5 Å². The first-order valence-corrected chi connectivity index (χ1v) is 5.63. The Labute approximate surface area is 104 Å². The Morgan fingerprint density at radius 1 is 1.39 bits per heavy atom. The highest BCUT2D eigenvalue weighted by Gasteiger charge is 2.15. The van der Waals surface area contributed by atoms with Crippen molar-refractivity contribution in [3.05, 3.63) is 23.8 Å². The molecule has 0 saturated heterocycles. The van der Waals surface area contributed by atoms with E-state index < -0.39 is 6.61 Å². The minimum absolute atomic E-state index is 0.0754. The molecule has 0 aliphatic carbocycles. The highest BCUT2D eigenvalue weighted by atomic mass is 19.3. The molecule has 0 bridgehead atoms. The molecule has 0 atom stereocenters.